The van der Waals surface area contributed by atoms with E-state index in [0.717, 1.165) is 16.9 Å². The van der Waals surface area contributed by atoms with Gasteiger partial charge in [-0.25, -0.2) is 4.39 Å². The highest BCUT2D eigenvalue weighted by atomic mass is 19.1. The number of carbonyl (C=O) groups is 2. The van der Waals surface area contributed by atoms with Gasteiger partial charge in [-0.3, -0.25) is 9.59 Å². The Bertz CT molecular complexity index is 1070. The quantitative estimate of drug-likeness (QED) is 0.656. The smallest absolute Gasteiger partial charge is 0.227 e. The Kier molecular flexibility index (Phi) is 5.98. The first-order valence-corrected chi connectivity index (χ1v) is 10.1. The molecule has 0 unspecified atom stereocenters. The highest BCUT2D eigenvalue weighted by molar-refractivity contribution is 6.00. The lowest BCUT2D eigenvalue weighted by Crippen LogP contribution is -2.36. The molecule has 0 bridgehead atoms. The predicted octanol–water partition coefficient (Wildman–Crippen LogP) is 4.09. The minimum Gasteiger partial charge on any atom is -0.497 e. The minimum absolute atomic E-state index is 0.0459. The van der Waals surface area contributed by atoms with E-state index >= 15 is 0 Å². The molecule has 158 valence electrons. The zero-order valence-electron chi connectivity index (χ0n) is 17.1. The monoisotopic (exact) mass is 418 g/mol. The molecule has 0 radical (unpaired) electrons. The van der Waals surface area contributed by atoms with Crippen LogP contribution in [0.25, 0.3) is 0 Å². The summed E-state index contributed by atoms with van der Waals surface area (Å²) in [7, 11) is 1.60. The van der Waals surface area contributed by atoms with E-state index in [0.29, 0.717) is 0 Å². The second-order valence-electron chi connectivity index (χ2n) is 7.48. The Hall–Kier alpha value is -3.67. The Morgan fingerprint density at radius 1 is 1.00 bits per heavy atom. The summed E-state index contributed by atoms with van der Waals surface area (Å²) in [5.74, 6) is -0.805. The molecule has 0 spiro atoms. The van der Waals surface area contributed by atoms with Crippen molar-refractivity contribution >= 4 is 17.5 Å². The first kappa shape index (κ1) is 20.6. The van der Waals surface area contributed by atoms with Crippen LogP contribution in [0.4, 0.5) is 10.1 Å². The van der Waals surface area contributed by atoms with E-state index in [4.69, 9.17) is 4.74 Å². The third-order valence-electron chi connectivity index (χ3n) is 5.51. The molecule has 3 aromatic carbocycles. The summed E-state index contributed by atoms with van der Waals surface area (Å²) in [6.45, 7) is 0.149. The standard InChI is InChI=1S/C25H23FN2O3/c1-31-20-13-11-18(12-14-20)24(17-7-3-2-4-8-17)27-25(30)19-15-23(29)28(16-19)22-10-6-5-9-21(22)26/h2-14,19,24H,15-16H2,1H3,(H,27,30)/t19-,24-/m0/s1. The Labute approximate surface area is 180 Å². The molecule has 2 atom stereocenters. The number of carbonyl (C=O) groups excluding carboxylic acids is 2. The van der Waals surface area contributed by atoms with E-state index in [1.165, 1.54) is 11.0 Å². The Morgan fingerprint density at radius 2 is 1.65 bits per heavy atom. The maximum absolute atomic E-state index is 14.2. The van der Waals surface area contributed by atoms with Crippen molar-refractivity contribution in [1.29, 1.82) is 0 Å². The number of ether oxygens (including phenoxy) is 1. The highest BCUT2D eigenvalue weighted by Gasteiger charge is 2.37. The van der Waals surface area contributed by atoms with Gasteiger partial charge in [-0.15, -0.1) is 0 Å². The SMILES string of the molecule is COc1ccc([C@@H](NC(=O)[C@H]2CC(=O)N(c3ccccc3F)C2)c2ccccc2)cc1. The molecule has 4 rings (SSSR count). The second-order valence-corrected chi connectivity index (χ2v) is 7.48. The first-order valence-electron chi connectivity index (χ1n) is 10.1. The average molecular weight is 418 g/mol. The zero-order valence-corrected chi connectivity index (χ0v) is 17.1. The number of hydrogen-bond donors (Lipinski definition) is 1. The first-order chi connectivity index (χ1) is 15.1. The minimum atomic E-state index is -0.559. The largest absolute Gasteiger partial charge is 0.497 e. The van der Waals surface area contributed by atoms with Crippen molar-refractivity contribution in [2.24, 2.45) is 5.92 Å². The van der Waals surface area contributed by atoms with Crippen LogP contribution in [0.1, 0.15) is 23.6 Å². The van der Waals surface area contributed by atoms with Gasteiger partial charge in [0.25, 0.3) is 0 Å². The molecular formula is C25H23FN2O3. The van der Waals surface area contributed by atoms with Crippen molar-refractivity contribution in [2.45, 2.75) is 12.5 Å². The number of para-hydroxylation sites is 1. The molecule has 3 aromatic rings. The molecular weight excluding hydrogens is 395 g/mol. The number of benzene rings is 3. The van der Waals surface area contributed by atoms with Crippen LogP contribution >= 0.6 is 0 Å². The number of nitrogens with one attached hydrogen (secondary N) is 1. The molecule has 31 heavy (non-hydrogen) atoms. The normalized spacial score (nSPS) is 16.8. The van der Waals surface area contributed by atoms with Crippen molar-refractivity contribution in [1.82, 2.24) is 5.32 Å². The van der Waals surface area contributed by atoms with Gasteiger partial charge in [0.15, 0.2) is 0 Å². The number of amides is 2. The fourth-order valence-electron chi connectivity index (χ4n) is 3.85. The molecule has 1 N–H and O–H groups in total. The second kappa shape index (κ2) is 9.00. The maximum atomic E-state index is 14.2. The molecule has 0 saturated carbocycles. The van der Waals surface area contributed by atoms with Gasteiger partial charge in [-0.05, 0) is 35.4 Å². The van der Waals surface area contributed by atoms with E-state index in [-0.39, 0.29) is 36.5 Å². The summed E-state index contributed by atoms with van der Waals surface area (Å²) in [4.78, 5) is 27.0. The van der Waals surface area contributed by atoms with Crippen molar-refractivity contribution in [3.8, 4) is 5.75 Å². The number of methoxy groups -OCH3 is 1. The van der Waals surface area contributed by atoms with Crippen molar-refractivity contribution in [3.05, 3.63) is 95.8 Å². The van der Waals surface area contributed by atoms with Crippen LogP contribution in [0.15, 0.2) is 78.9 Å². The lowest BCUT2D eigenvalue weighted by Gasteiger charge is -2.22. The Morgan fingerprint density at radius 3 is 2.32 bits per heavy atom. The number of nitrogens with zero attached hydrogens (tertiary/aromatic N) is 1. The average Bonchev–Trinajstić information content (AvgIpc) is 3.20. The zero-order chi connectivity index (χ0) is 21.8. The van der Waals surface area contributed by atoms with Crippen LogP contribution in [0.3, 0.4) is 0 Å². The van der Waals surface area contributed by atoms with Crippen LogP contribution < -0.4 is 15.0 Å². The van der Waals surface area contributed by atoms with Crippen molar-refractivity contribution < 1.29 is 18.7 Å². The lowest BCUT2D eigenvalue weighted by molar-refractivity contribution is -0.126. The van der Waals surface area contributed by atoms with Crippen molar-refractivity contribution in [2.75, 3.05) is 18.6 Å². The number of anilines is 1. The number of halogens is 1. The van der Waals surface area contributed by atoms with Gasteiger partial charge in [0.1, 0.15) is 11.6 Å². The highest BCUT2D eigenvalue weighted by Crippen LogP contribution is 2.29. The van der Waals surface area contributed by atoms with Gasteiger partial charge in [0, 0.05) is 13.0 Å². The van der Waals surface area contributed by atoms with Crippen LogP contribution in [-0.4, -0.2) is 25.5 Å². The van der Waals surface area contributed by atoms with E-state index in [9.17, 15) is 14.0 Å². The molecule has 1 aliphatic rings. The van der Waals surface area contributed by atoms with Crippen LogP contribution in [-0.2, 0) is 9.59 Å². The fraction of sp³-hybridized carbons (Fsp3) is 0.200. The van der Waals surface area contributed by atoms with E-state index in [1.807, 2.05) is 54.6 Å². The molecule has 1 fully saturated rings. The molecule has 0 aromatic heterocycles. The third-order valence-corrected chi connectivity index (χ3v) is 5.51. The van der Waals surface area contributed by atoms with Gasteiger partial charge in [-0.1, -0.05) is 54.6 Å². The topological polar surface area (TPSA) is 58.6 Å². The van der Waals surface area contributed by atoms with Gasteiger partial charge in [0.05, 0.1) is 24.8 Å². The summed E-state index contributed by atoms with van der Waals surface area (Å²) in [6.07, 6.45) is 0.0459. The summed E-state index contributed by atoms with van der Waals surface area (Å²) in [5.41, 5.74) is 2.03. The molecule has 1 aliphatic heterocycles. The summed E-state index contributed by atoms with van der Waals surface area (Å²) in [5, 5.41) is 3.08. The van der Waals surface area contributed by atoms with Crippen LogP contribution in [0.2, 0.25) is 0 Å². The molecule has 2 amide bonds. The summed E-state index contributed by atoms with van der Waals surface area (Å²) in [6, 6.07) is 22.9. The summed E-state index contributed by atoms with van der Waals surface area (Å²) >= 11 is 0. The summed E-state index contributed by atoms with van der Waals surface area (Å²) < 4.78 is 19.4. The molecule has 1 heterocycles. The van der Waals surface area contributed by atoms with Gasteiger partial charge < -0.3 is 15.0 Å². The Balaban J connectivity index is 1.55. The third kappa shape index (κ3) is 4.43. The molecule has 1 saturated heterocycles. The van der Waals surface area contributed by atoms with Gasteiger partial charge in [0.2, 0.25) is 11.8 Å². The molecule has 0 aliphatic carbocycles. The lowest BCUT2D eigenvalue weighted by atomic mass is 9.97. The predicted molar refractivity (Wildman–Crippen MR) is 116 cm³/mol. The van der Waals surface area contributed by atoms with Crippen molar-refractivity contribution in [3.63, 3.8) is 0 Å². The fourth-order valence-corrected chi connectivity index (χ4v) is 3.85. The number of rotatable bonds is 6. The van der Waals surface area contributed by atoms with E-state index < -0.39 is 11.7 Å². The molecule has 5 nitrogen and oxygen atoms in total. The van der Waals surface area contributed by atoms with Crippen LogP contribution in [0.5, 0.6) is 5.75 Å². The molecule has 6 heteroatoms. The number of hydrogen-bond acceptors (Lipinski definition) is 3. The van der Waals surface area contributed by atoms with E-state index in [1.54, 1.807) is 25.3 Å². The van der Waals surface area contributed by atoms with Gasteiger partial charge >= 0.3 is 0 Å². The van der Waals surface area contributed by atoms with Gasteiger partial charge in [-0.2, -0.15) is 0 Å². The van der Waals surface area contributed by atoms with E-state index in [2.05, 4.69) is 5.32 Å². The van der Waals surface area contributed by atoms with Crippen LogP contribution in [0, 0.1) is 11.7 Å². The maximum Gasteiger partial charge on any atom is 0.227 e.